The number of hydrogen-bond acceptors (Lipinski definition) is 7. The van der Waals surface area contributed by atoms with Crippen LogP contribution < -0.4 is 4.90 Å². The van der Waals surface area contributed by atoms with E-state index >= 15 is 0 Å². The van der Waals surface area contributed by atoms with E-state index in [1.165, 1.54) is 6.20 Å². The molecule has 1 aromatic carbocycles. The van der Waals surface area contributed by atoms with E-state index in [0.717, 1.165) is 16.0 Å². The third kappa shape index (κ3) is 8.58. The van der Waals surface area contributed by atoms with Crippen LogP contribution in [0.5, 0.6) is 0 Å². The van der Waals surface area contributed by atoms with Crippen molar-refractivity contribution in [3.63, 3.8) is 0 Å². The number of aromatic amines is 1. The van der Waals surface area contributed by atoms with Gasteiger partial charge >= 0.3 is 12.2 Å². The molecule has 3 rings (SSSR count). The van der Waals surface area contributed by atoms with E-state index in [-0.39, 0.29) is 11.5 Å². The van der Waals surface area contributed by atoms with Gasteiger partial charge in [-0.25, -0.2) is 24.5 Å². The second kappa shape index (κ2) is 12.8. The van der Waals surface area contributed by atoms with E-state index in [4.69, 9.17) is 9.47 Å². The molecule has 0 bridgehead atoms. The van der Waals surface area contributed by atoms with Crippen molar-refractivity contribution >= 4 is 45.0 Å². The molecule has 36 heavy (non-hydrogen) atoms. The highest BCUT2D eigenvalue weighted by Crippen LogP contribution is 2.31. The molecule has 2 amide bonds. The van der Waals surface area contributed by atoms with Crippen LogP contribution in [-0.4, -0.2) is 43.3 Å². The number of amides is 2. The summed E-state index contributed by atoms with van der Waals surface area (Å²) < 4.78 is 11.3. The first-order chi connectivity index (χ1) is 16.7. The number of H-pyrrole nitrogens is 1. The zero-order chi connectivity index (χ0) is 27.8. The molecule has 0 aliphatic carbocycles. The van der Waals surface area contributed by atoms with E-state index in [1.54, 1.807) is 41.5 Å². The fraction of sp³-hybridized carbons (Fsp3) is 0.500. The van der Waals surface area contributed by atoms with E-state index in [1.807, 2.05) is 52.8 Å². The number of imide groups is 1. The van der Waals surface area contributed by atoms with Crippen LogP contribution in [0.15, 0.2) is 29.0 Å². The second-order valence-corrected chi connectivity index (χ2v) is 10.1. The number of aryl methyl sites for hydroxylation is 1. The number of ether oxygens (including phenoxy) is 2. The van der Waals surface area contributed by atoms with Crippen LogP contribution in [0, 0.1) is 6.92 Å². The number of rotatable bonds is 2. The molecule has 2 aromatic heterocycles. The van der Waals surface area contributed by atoms with Gasteiger partial charge in [-0.2, -0.15) is 4.90 Å². The van der Waals surface area contributed by atoms with Crippen molar-refractivity contribution in [2.24, 2.45) is 0 Å². The minimum absolute atomic E-state index is 0.0625. The first-order valence-electron chi connectivity index (χ1n) is 12.0. The van der Waals surface area contributed by atoms with Crippen molar-refractivity contribution < 1.29 is 19.1 Å². The van der Waals surface area contributed by atoms with E-state index in [9.17, 15) is 9.59 Å². The van der Waals surface area contributed by atoms with Crippen molar-refractivity contribution in [3.8, 4) is 11.5 Å². The normalized spacial score (nSPS) is 11.0. The van der Waals surface area contributed by atoms with Crippen molar-refractivity contribution in [1.29, 1.82) is 0 Å². The number of nitrogens with zero attached hydrogens (tertiary/aromatic N) is 4. The largest absolute Gasteiger partial charge is 0.443 e. The molecule has 0 atom stereocenters. The summed E-state index contributed by atoms with van der Waals surface area (Å²) in [5.74, 6) is 0.277. The van der Waals surface area contributed by atoms with E-state index in [2.05, 4.69) is 35.9 Å². The number of anilines is 1. The van der Waals surface area contributed by atoms with Gasteiger partial charge in [0, 0.05) is 0 Å². The van der Waals surface area contributed by atoms with Crippen LogP contribution in [0.25, 0.3) is 22.6 Å². The van der Waals surface area contributed by atoms with Crippen LogP contribution >= 0.6 is 15.9 Å². The van der Waals surface area contributed by atoms with Gasteiger partial charge in [0.05, 0.1) is 17.2 Å². The summed E-state index contributed by atoms with van der Waals surface area (Å²) in [4.78, 5) is 43.4. The summed E-state index contributed by atoms with van der Waals surface area (Å²) in [6.07, 6.45) is -0.485. The average Bonchev–Trinajstić information content (AvgIpc) is 3.18. The minimum Gasteiger partial charge on any atom is -0.443 e. The lowest BCUT2D eigenvalue weighted by molar-refractivity contribution is 0.0429. The second-order valence-electron chi connectivity index (χ2n) is 9.27. The molecule has 0 aliphatic heterocycles. The summed E-state index contributed by atoms with van der Waals surface area (Å²) in [7, 11) is 0. The van der Waals surface area contributed by atoms with Crippen molar-refractivity contribution in [1.82, 2.24) is 19.9 Å². The van der Waals surface area contributed by atoms with Crippen LogP contribution in [0.4, 0.5) is 15.4 Å². The van der Waals surface area contributed by atoms with Gasteiger partial charge in [-0.3, -0.25) is 0 Å². The van der Waals surface area contributed by atoms with Gasteiger partial charge in [0.1, 0.15) is 15.8 Å². The molecule has 1 N–H and O–H groups in total. The van der Waals surface area contributed by atoms with Crippen LogP contribution in [0.1, 0.15) is 74.8 Å². The zero-order valence-electron chi connectivity index (χ0n) is 23.1. The lowest BCUT2D eigenvalue weighted by Crippen LogP contribution is -2.44. The molecular formula is C26H38BrN5O4. The van der Waals surface area contributed by atoms with Gasteiger partial charge in [-0.1, -0.05) is 33.8 Å². The Labute approximate surface area is 222 Å². The summed E-state index contributed by atoms with van der Waals surface area (Å²) in [6.45, 7) is 20.2. The monoisotopic (exact) mass is 563 g/mol. The van der Waals surface area contributed by atoms with Gasteiger partial charge in [0.15, 0.2) is 17.3 Å². The molecule has 0 fully saturated rings. The molecule has 9 nitrogen and oxygen atoms in total. The summed E-state index contributed by atoms with van der Waals surface area (Å²) >= 11 is 3.30. The lowest BCUT2D eigenvalue weighted by atomic mass is 10.2. The molecule has 0 saturated heterocycles. The fourth-order valence-electron chi connectivity index (χ4n) is 2.78. The van der Waals surface area contributed by atoms with Gasteiger partial charge in [0.25, 0.3) is 0 Å². The predicted octanol–water partition coefficient (Wildman–Crippen LogP) is 7.82. The summed E-state index contributed by atoms with van der Waals surface area (Å²) in [5.41, 5.74) is 1.03. The summed E-state index contributed by atoms with van der Waals surface area (Å²) in [6, 6.07) is 5.75. The maximum absolute atomic E-state index is 13.1. The highest BCUT2D eigenvalue weighted by Gasteiger charge is 2.36. The smallest absolute Gasteiger partial charge is 0.425 e. The Morgan fingerprint density at radius 3 is 1.94 bits per heavy atom. The molecule has 0 aliphatic rings. The molecule has 0 unspecified atom stereocenters. The number of fused-ring (bicyclic) bond motifs is 1. The Bertz CT molecular complexity index is 1150. The van der Waals surface area contributed by atoms with Crippen molar-refractivity contribution in [2.45, 2.75) is 87.4 Å². The number of benzene rings is 1. The summed E-state index contributed by atoms with van der Waals surface area (Å²) in [5, 5.41) is 0. The van der Waals surface area contributed by atoms with Crippen molar-refractivity contribution in [2.75, 3.05) is 4.90 Å². The molecule has 3 aromatic rings. The number of halogens is 1. The Kier molecular flexibility index (Phi) is 11.0. The van der Waals surface area contributed by atoms with E-state index < -0.39 is 23.4 Å². The lowest BCUT2D eigenvalue weighted by Gasteiger charge is -2.28. The minimum atomic E-state index is -0.934. The molecule has 0 radical (unpaired) electrons. The standard InChI is InChI=1S/C22H26BrN5O4.2C2H6/c1-12-8-9-13-14(10-12)26-17(25-13)16-18(24-11-15(23)27-16)28(19(29)31-21(2,3)4)20(30)32-22(5,6)7;2*1-2/h8-11H,1-7H3,(H,25,26);2*1-2H3. The third-order valence-electron chi connectivity index (χ3n) is 3.95. The number of carbonyl (C=O) groups is 2. The van der Waals surface area contributed by atoms with Crippen molar-refractivity contribution in [3.05, 3.63) is 34.6 Å². The van der Waals surface area contributed by atoms with Gasteiger partial charge in [-0.05, 0) is 82.1 Å². The van der Waals surface area contributed by atoms with E-state index in [0.29, 0.717) is 15.9 Å². The Morgan fingerprint density at radius 2 is 1.44 bits per heavy atom. The van der Waals surface area contributed by atoms with Gasteiger partial charge < -0.3 is 14.5 Å². The quantitative estimate of drug-likeness (QED) is 0.338. The van der Waals surface area contributed by atoms with Crippen LogP contribution in [0.2, 0.25) is 0 Å². The van der Waals surface area contributed by atoms with Crippen LogP contribution in [-0.2, 0) is 9.47 Å². The number of aromatic nitrogens is 4. The first-order valence-corrected chi connectivity index (χ1v) is 12.8. The van der Waals surface area contributed by atoms with Gasteiger partial charge in [0.2, 0.25) is 0 Å². The molecule has 0 saturated carbocycles. The first kappa shape index (κ1) is 31.0. The highest BCUT2D eigenvalue weighted by molar-refractivity contribution is 9.10. The third-order valence-corrected chi connectivity index (χ3v) is 4.33. The Morgan fingerprint density at radius 1 is 0.917 bits per heavy atom. The maximum atomic E-state index is 13.1. The fourth-order valence-corrected chi connectivity index (χ4v) is 3.06. The number of nitrogens with one attached hydrogen (secondary N) is 1. The topological polar surface area (TPSA) is 110 Å². The SMILES string of the molecule is CC.CC.Cc1ccc2nc(-c3nc(Br)cnc3N(C(=O)OC(C)(C)C)C(=O)OC(C)(C)C)[nH]c2c1. The Hall–Kier alpha value is -3.01. The number of hydrogen-bond donors (Lipinski definition) is 1. The molecule has 0 spiro atoms. The molecule has 2 heterocycles. The number of imidazole rings is 1. The highest BCUT2D eigenvalue weighted by atomic mass is 79.9. The molecule has 10 heteroatoms. The van der Waals surface area contributed by atoms with Gasteiger partial charge in [-0.15, -0.1) is 0 Å². The predicted molar refractivity (Wildman–Crippen MR) is 147 cm³/mol. The molecule has 198 valence electrons. The van der Waals surface area contributed by atoms with Crippen LogP contribution in [0.3, 0.4) is 0 Å². The average molecular weight is 565 g/mol. The maximum Gasteiger partial charge on any atom is 0.425 e. The zero-order valence-corrected chi connectivity index (χ0v) is 24.7. The number of carbonyl (C=O) groups excluding carboxylic acids is 2. The molecular weight excluding hydrogens is 526 g/mol. The Balaban J connectivity index is 0.00000154.